The van der Waals surface area contributed by atoms with Crippen LogP contribution in [0.2, 0.25) is 0 Å². The van der Waals surface area contributed by atoms with Gasteiger partial charge in [-0.05, 0) is 75.5 Å². The van der Waals surface area contributed by atoms with Crippen LogP contribution in [0.25, 0.3) is 0 Å². The quantitative estimate of drug-likeness (QED) is 0.290. The topological polar surface area (TPSA) is 82.8 Å². The largest absolute Gasteiger partial charge is 0.454 e. The summed E-state index contributed by atoms with van der Waals surface area (Å²) in [4.78, 5) is 29.7. The Bertz CT molecular complexity index is 1220. The molecule has 4 rings (SSSR count). The summed E-state index contributed by atoms with van der Waals surface area (Å²) in [5.41, 5.74) is 1.06. The normalized spacial score (nSPS) is 15.7. The predicted molar refractivity (Wildman–Crippen MR) is 150 cm³/mol. The number of urea groups is 1. The van der Waals surface area contributed by atoms with Crippen LogP contribution >= 0.6 is 0 Å². The lowest BCUT2D eigenvalue weighted by Crippen LogP contribution is -2.39. The zero-order valence-electron chi connectivity index (χ0n) is 23.0. The van der Waals surface area contributed by atoms with Gasteiger partial charge in [0.15, 0.2) is 5.76 Å². The summed E-state index contributed by atoms with van der Waals surface area (Å²) in [7, 11) is 0. The Morgan fingerprint density at radius 2 is 1.97 bits per heavy atom. The van der Waals surface area contributed by atoms with Gasteiger partial charge >= 0.3 is 6.03 Å². The number of piperidine rings is 1. The maximum atomic E-state index is 14.0. The number of benzene rings is 1. The molecule has 1 aliphatic heterocycles. The van der Waals surface area contributed by atoms with Gasteiger partial charge in [0.05, 0.1) is 18.8 Å². The van der Waals surface area contributed by atoms with Crippen LogP contribution in [0.5, 0.6) is 0 Å². The Hall–Kier alpha value is -3.59. The SMILES string of the molecule is CCCN(Cc1cccn1Cc1ccc(C(=O)NCCCN2CCCCC2C)o1)C(=O)Nc1ccccc1F. The monoisotopic (exact) mass is 537 g/mol. The van der Waals surface area contributed by atoms with Crippen molar-refractivity contribution in [3.63, 3.8) is 0 Å². The number of carbonyl (C=O) groups excluding carboxylic acids is 2. The maximum absolute atomic E-state index is 14.0. The van der Waals surface area contributed by atoms with Gasteiger partial charge in [0.25, 0.3) is 5.91 Å². The highest BCUT2D eigenvalue weighted by atomic mass is 19.1. The average Bonchev–Trinajstić information content (AvgIpc) is 3.58. The molecular formula is C30H40FN5O3. The third-order valence-corrected chi connectivity index (χ3v) is 7.23. The van der Waals surface area contributed by atoms with E-state index in [0.717, 1.165) is 31.6 Å². The fourth-order valence-electron chi connectivity index (χ4n) is 5.04. The average molecular weight is 538 g/mol. The molecule has 1 unspecified atom stereocenters. The highest BCUT2D eigenvalue weighted by Crippen LogP contribution is 2.18. The minimum atomic E-state index is -0.472. The first-order chi connectivity index (χ1) is 18.9. The van der Waals surface area contributed by atoms with Gasteiger partial charge in [0.2, 0.25) is 0 Å². The van der Waals surface area contributed by atoms with Crippen LogP contribution in [-0.2, 0) is 13.1 Å². The molecule has 3 heterocycles. The summed E-state index contributed by atoms with van der Waals surface area (Å²) in [6.07, 6.45) is 7.41. The molecule has 2 aromatic heterocycles. The van der Waals surface area contributed by atoms with E-state index in [0.29, 0.717) is 43.7 Å². The van der Waals surface area contributed by atoms with Gasteiger partial charge in [-0.3, -0.25) is 4.79 Å². The van der Waals surface area contributed by atoms with Crippen LogP contribution in [0.1, 0.15) is 68.0 Å². The molecule has 2 N–H and O–H groups in total. The summed E-state index contributed by atoms with van der Waals surface area (Å²) in [5.74, 6) is 0.263. The van der Waals surface area contributed by atoms with E-state index in [1.165, 1.54) is 25.3 Å². The minimum absolute atomic E-state index is 0.154. The number of nitrogens with one attached hydrogen (secondary N) is 2. The highest BCUT2D eigenvalue weighted by Gasteiger charge is 2.19. The van der Waals surface area contributed by atoms with E-state index in [1.807, 2.05) is 35.9 Å². The number of nitrogens with zero attached hydrogens (tertiary/aromatic N) is 3. The molecule has 0 saturated carbocycles. The van der Waals surface area contributed by atoms with E-state index in [1.54, 1.807) is 29.2 Å². The van der Waals surface area contributed by atoms with Crippen LogP contribution in [0.3, 0.4) is 0 Å². The number of rotatable bonds is 12. The van der Waals surface area contributed by atoms with E-state index in [9.17, 15) is 14.0 Å². The first-order valence-electron chi connectivity index (χ1n) is 14.0. The van der Waals surface area contributed by atoms with Crippen molar-refractivity contribution in [2.75, 3.05) is 31.5 Å². The summed E-state index contributed by atoms with van der Waals surface area (Å²) < 4.78 is 21.9. The summed E-state index contributed by atoms with van der Waals surface area (Å²) in [6.45, 7) is 8.32. The number of amides is 3. The molecule has 1 saturated heterocycles. The van der Waals surface area contributed by atoms with Gasteiger partial charge in [-0.25, -0.2) is 9.18 Å². The van der Waals surface area contributed by atoms with Gasteiger partial charge in [-0.1, -0.05) is 25.5 Å². The lowest BCUT2D eigenvalue weighted by atomic mass is 10.0. The standard InChI is InChI=1S/C30H40FN5O3/c1-3-17-36(30(38)33-27-13-5-4-12-26(27)31)21-24-11-8-19-35(24)22-25-14-15-28(39-25)29(37)32-16-9-20-34-18-7-6-10-23(34)2/h4-5,8,11-15,19,23H,3,6-7,9-10,16-18,20-22H2,1-2H3,(H,32,37)(H,33,38). The van der Waals surface area contributed by atoms with Crippen molar-refractivity contribution in [1.29, 1.82) is 0 Å². The molecule has 1 fully saturated rings. The molecule has 9 heteroatoms. The second kappa shape index (κ2) is 14.0. The third-order valence-electron chi connectivity index (χ3n) is 7.23. The molecule has 3 aromatic rings. The smallest absolute Gasteiger partial charge is 0.322 e. The van der Waals surface area contributed by atoms with E-state index in [4.69, 9.17) is 4.42 Å². The lowest BCUT2D eigenvalue weighted by molar-refractivity contribution is 0.0919. The Morgan fingerprint density at radius 1 is 1.13 bits per heavy atom. The lowest BCUT2D eigenvalue weighted by Gasteiger charge is -2.33. The molecule has 0 spiro atoms. The third kappa shape index (κ3) is 7.95. The van der Waals surface area contributed by atoms with Crippen molar-refractivity contribution < 1.29 is 18.4 Å². The van der Waals surface area contributed by atoms with Crippen molar-refractivity contribution in [3.8, 4) is 0 Å². The number of anilines is 1. The van der Waals surface area contributed by atoms with Gasteiger partial charge < -0.3 is 29.4 Å². The number of para-hydroxylation sites is 1. The van der Waals surface area contributed by atoms with E-state index in [-0.39, 0.29) is 17.6 Å². The molecule has 1 aliphatic rings. The second-order valence-electron chi connectivity index (χ2n) is 10.2. The zero-order valence-corrected chi connectivity index (χ0v) is 23.0. The number of likely N-dealkylation sites (tertiary alicyclic amines) is 1. The molecule has 210 valence electrons. The number of furan rings is 1. The zero-order chi connectivity index (χ0) is 27.6. The summed E-state index contributed by atoms with van der Waals surface area (Å²) >= 11 is 0. The van der Waals surface area contributed by atoms with Crippen molar-refractivity contribution >= 4 is 17.6 Å². The van der Waals surface area contributed by atoms with Crippen molar-refractivity contribution in [1.82, 2.24) is 19.7 Å². The molecule has 8 nitrogen and oxygen atoms in total. The van der Waals surface area contributed by atoms with Gasteiger partial charge in [0, 0.05) is 37.6 Å². The number of carbonyl (C=O) groups is 2. The first-order valence-corrected chi connectivity index (χ1v) is 14.0. The molecular weight excluding hydrogens is 497 g/mol. The molecule has 1 aromatic carbocycles. The number of halogens is 1. The molecule has 0 radical (unpaired) electrons. The van der Waals surface area contributed by atoms with Crippen molar-refractivity contribution in [3.05, 3.63) is 77.8 Å². The van der Waals surface area contributed by atoms with Gasteiger partial charge in [-0.2, -0.15) is 0 Å². The Labute approximate surface area is 230 Å². The summed E-state index contributed by atoms with van der Waals surface area (Å²) in [6, 6.07) is 13.8. The van der Waals surface area contributed by atoms with E-state index >= 15 is 0 Å². The molecule has 3 amide bonds. The van der Waals surface area contributed by atoms with Gasteiger partial charge in [-0.15, -0.1) is 0 Å². The minimum Gasteiger partial charge on any atom is -0.454 e. The van der Waals surface area contributed by atoms with Crippen molar-refractivity contribution in [2.45, 2.75) is 65.1 Å². The number of hydrogen-bond acceptors (Lipinski definition) is 4. The Morgan fingerprint density at radius 3 is 2.77 bits per heavy atom. The predicted octanol–water partition coefficient (Wildman–Crippen LogP) is 5.71. The highest BCUT2D eigenvalue weighted by molar-refractivity contribution is 5.91. The maximum Gasteiger partial charge on any atom is 0.322 e. The van der Waals surface area contributed by atoms with Crippen molar-refractivity contribution in [2.24, 2.45) is 0 Å². The fourth-order valence-corrected chi connectivity index (χ4v) is 5.04. The molecule has 39 heavy (non-hydrogen) atoms. The van der Waals surface area contributed by atoms with Crippen LogP contribution in [0.4, 0.5) is 14.9 Å². The number of aromatic nitrogens is 1. The van der Waals surface area contributed by atoms with E-state index in [2.05, 4.69) is 22.5 Å². The Balaban J connectivity index is 1.29. The van der Waals surface area contributed by atoms with Crippen LogP contribution in [0, 0.1) is 5.82 Å². The van der Waals surface area contributed by atoms with E-state index < -0.39 is 5.82 Å². The van der Waals surface area contributed by atoms with Gasteiger partial charge in [0.1, 0.15) is 11.6 Å². The first kappa shape index (κ1) is 28.4. The molecule has 0 bridgehead atoms. The van der Waals surface area contributed by atoms with Crippen LogP contribution in [0.15, 0.2) is 59.1 Å². The fraction of sp³-hybridized carbons (Fsp3) is 0.467. The Kier molecular flexibility index (Phi) is 10.2. The molecule has 1 atom stereocenters. The second-order valence-corrected chi connectivity index (χ2v) is 10.2. The number of hydrogen-bond donors (Lipinski definition) is 2. The van der Waals surface area contributed by atoms with Crippen LogP contribution in [-0.4, -0.2) is 58.5 Å². The van der Waals surface area contributed by atoms with Crippen LogP contribution < -0.4 is 10.6 Å². The molecule has 0 aliphatic carbocycles. The summed E-state index contributed by atoms with van der Waals surface area (Å²) in [5, 5.41) is 5.64.